The van der Waals surface area contributed by atoms with Gasteiger partial charge in [-0.15, -0.1) is 0 Å². The van der Waals surface area contributed by atoms with Crippen molar-refractivity contribution in [2.75, 3.05) is 19.7 Å². The number of aliphatic hydroxyl groups excluding tert-OH is 1. The number of nitrogens with zero attached hydrogens (tertiary/aromatic N) is 3. The highest BCUT2D eigenvalue weighted by molar-refractivity contribution is 7.89. The zero-order valence-electron chi connectivity index (χ0n) is 16.4. The van der Waals surface area contributed by atoms with E-state index >= 15 is 0 Å². The highest BCUT2D eigenvalue weighted by Crippen LogP contribution is 2.20. The van der Waals surface area contributed by atoms with Gasteiger partial charge in [0.25, 0.3) is 10.0 Å². The third-order valence-corrected chi connectivity index (χ3v) is 6.01. The first kappa shape index (κ1) is 21.6. The summed E-state index contributed by atoms with van der Waals surface area (Å²) >= 11 is 0. The predicted molar refractivity (Wildman–Crippen MR) is 99.6 cm³/mol. The molecule has 1 saturated heterocycles. The summed E-state index contributed by atoms with van der Waals surface area (Å²) in [6.07, 6.45) is 3.50. The minimum Gasteiger partial charge on any atom is -0.444 e. The number of sulfonamides is 1. The lowest BCUT2D eigenvalue weighted by molar-refractivity contribution is 0.0489. The van der Waals surface area contributed by atoms with Gasteiger partial charge in [0, 0.05) is 38.5 Å². The number of alkyl carbamates (subject to hydrolysis) is 1. The van der Waals surface area contributed by atoms with Crippen LogP contribution in [-0.2, 0) is 21.3 Å². The fraction of sp³-hybridized carbons (Fsp3) is 0.765. The Labute approximate surface area is 160 Å². The van der Waals surface area contributed by atoms with E-state index in [0.29, 0.717) is 32.5 Å². The molecule has 1 unspecified atom stereocenters. The highest BCUT2D eigenvalue weighted by atomic mass is 32.2. The van der Waals surface area contributed by atoms with Gasteiger partial charge in [0.15, 0.2) is 5.03 Å². The first-order chi connectivity index (χ1) is 12.5. The second-order valence-corrected chi connectivity index (χ2v) is 9.91. The van der Waals surface area contributed by atoms with Gasteiger partial charge >= 0.3 is 6.09 Å². The number of nitrogens with one attached hydrogen (secondary N) is 1. The van der Waals surface area contributed by atoms with Crippen molar-refractivity contribution >= 4 is 16.1 Å². The lowest BCUT2D eigenvalue weighted by Crippen LogP contribution is -2.47. The van der Waals surface area contributed by atoms with E-state index in [1.165, 1.54) is 16.8 Å². The molecule has 0 bridgehead atoms. The van der Waals surface area contributed by atoms with Crippen LogP contribution in [0.25, 0.3) is 0 Å². The molecule has 1 aromatic heterocycles. The number of aromatic nitrogens is 2. The SMILES string of the molecule is CC(CO)Cn1cnc(S(=O)(=O)N2CCC(NC(=O)OC(C)(C)C)CC2)c1. The number of amides is 1. The summed E-state index contributed by atoms with van der Waals surface area (Å²) in [6.45, 7) is 8.40. The average molecular weight is 403 g/mol. The van der Waals surface area contributed by atoms with E-state index in [-0.39, 0.29) is 23.6 Å². The second-order valence-electron chi connectivity index (χ2n) is 8.02. The molecule has 2 rings (SSSR count). The topological polar surface area (TPSA) is 114 Å². The molecule has 154 valence electrons. The molecule has 2 heterocycles. The van der Waals surface area contributed by atoms with Crippen LogP contribution < -0.4 is 5.32 Å². The molecule has 0 radical (unpaired) electrons. The molecule has 0 aromatic carbocycles. The maximum Gasteiger partial charge on any atom is 0.407 e. The van der Waals surface area contributed by atoms with Crippen LogP contribution in [0.15, 0.2) is 17.6 Å². The summed E-state index contributed by atoms with van der Waals surface area (Å²) in [7, 11) is -3.67. The van der Waals surface area contributed by atoms with Crippen LogP contribution in [-0.4, -0.2) is 64.8 Å². The molecule has 1 amide bonds. The van der Waals surface area contributed by atoms with Crippen LogP contribution in [0.3, 0.4) is 0 Å². The second kappa shape index (κ2) is 8.57. The van der Waals surface area contributed by atoms with Gasteiger partial charge < -0.3 is 19.7 Å². The molecule has 1 aromatic rings. The van der Waals surface area contributed by atoms with E-state index in [4.69, 9.17) is 9.84 Å². The van der Waals surface area contributed by atoms with Crippen molar-refractivity contribution in [2.24, 2.45) is 5.92 Å². The molecule has 0 saturated carbocycles. The molecule has 27 heavy (non-hydrogen) atoms. The summed E-state index contributed by atoms with van der Waals surface area (Å²) in [4.78, 5) is 15.9. The van der Waals surface area contributed by atoms with Gasteiger partial charge in [0.05, 0.1) is 6.33 Å². The Morgan fingerprint density at radius 2 is 2.04 bits per heavy atom. The van der Waals surface area contributed by atoms with E-state index in [9.17, 15) is 13.2 Å². The fourth-order valence-electron chi connectivity index (χ4n) is 2.84. The largest absolute Gasteiger partial charge is 0.444 e. The lowest BCUT2D eigenvalue weighted by Gasteiger charge is -2.31. The molecular formula is C17H30N4O5S. The molecule has 2 N–H and O–H groups in total. The summed E-state index contributed by atoms with van der Waals surface area (Å²) in [6, 6.07) is -0.116. The Morgan fingerprint density at radius 3 is 2.59 bits per heavy atom. The highest BCUT2D eigenvalue weighted by Gasteiger charge is 2.32. The van der Waals surface area contributed by atoms with Crippen LogP contribution in [0.1, 0.15) is 40.5 Å². The molecule has 0 spiro atoms. The molecule has 1 aliphatic rings. The maximum atomic E-state index is 12.8. The number of hydrogen-bond donors (Lipinski definition) is 2. The van der Waals surface area contributed by atoms with E-state index in [1.54, 1.807) is 25.3 Å². The Kier molecular flexibility index (Phi) is 6.87. The van der Waals surface area contributed by atoms with Crippen molar-refractivity contribution in [1.82, 2.24) is 19.2 Å². The van der Waals surface area contributed by atoms with Crippen molar-refractivity contribution in [3.05, 3.63) is 12.5 Å². The number of ether oxygens (including phenoxy) is 1. The zero-order chi connectivity index (χ0) is 20.2. The van der Waals surface area contributed by atoms with Crippen molar-refractivity contribution in [3.63, 3.8) is 0 Å². The molecule has 1 aliphatic heterocycles. The molecular weight excluding hydrogens is 372 g/mol. The van der Waals surface area contributed by atoms with Crippen LogP contribution in [0.4, 0.5) is 4.79 Å². The maximum absolute atomic E-state index is 12.8. The summed E-state index contributed by atoms with van der Waals surface area (Å²) in [5.41, 5.74) is -0.569. The standard InChI is InChI=1S/C17H30N4O5S/c1-13(11-22)9-20-10-15(18-12-20)27(24,25)21-7-5-14(6-8-21)19-16(23)26-17(2,3)4/h10,12-14,22H,5-9,11H2,1-4H3,(H,19,23). The van der Waals surface area contributed by atoms with E-state index in [0.717, 1.165) is 0 Å². The summed E-state index contributed by atoms with van der Waals surface area (Å²) < 4.78 is 33.8. The van der Waals surface area contributed by atoms with Gasteiger partial charge in [-0.2, -0.15) is 4.31 Å². The minimum absolute atomic E-state index is 0.00573. The predicted octanol–water partition coefficient (Wildman–Crippen LogP) is 1.19. The Balaban J connectivity index is 1.92. The molecule has 1 atom stereocenters. The van der Waals surface area contributed by atoms with Crippen LogP contribution in [0.5, 0.6) is 0 Å². The average Bonchev–Trinajstić information content (AvgIpc) is 3.02. The third kappa shape index (κ3) is 6.18. The van der Waals surface area contributed by atoms with Gasteiger partial charge in [0.2, 0.25) is 0 Å². The minimum atomic E-state index is -3.67. The van der Waals surface area contributed by atoms with Gasteiger partial charge in [-0.1, -0.05) is 6.92 Å². The number of carbonyl (C=O) groups is 1. The molecule has 0 aliphatic carbocycles. The molecule has 9 nitrogen and oxygen atoms in total. The summed E-state index contributed by atoms with van der Waals surface area (Å²) in [5, 5.41) is 11.9. The lowest BCUT2D eigenvalue weighted by atomic mass is 10.1. The fourth-order valence-corrected chi connectivity index (χ4v) is 4.24. The quantitative estimate of drug-likeness (QED) is 0.739. The number of rotatable bonds is 6. The number of aliphatic hydroxyl groups is 1. The third-order valence-electron chi connectivity index (χ3n) is 4.22. The van der Waals surface area contributed by atoms with Crippen LogP contribution in [0, 0.1) is 5.92 Å². The Morgan fingerprint density at radius 1 is 1.41 bits per heavy atom. The van der Waals surface area contributed by atoms with Gasteiger partial charge in [-0.05, 0) is 39.5 Å². The van der Waals surface area contributed by atoms with Crippen molar-refractivity contribution in [1.29, 1.82) is 0 Å². The smallest absolute Gasteiger partial charge is 0.407 e. The monoisotopic (exact) mass is 402 g/mol. The number of piperidine rings is 1. The van der Waals surface area contributed by atoms with Crippen molar-refractivity contribution in [2.45, 2.75) is 63.8 Å². The van der Waals surface area contributed by atoms with Gasteiger partial charge in [-0.3, -0.25) is 0 Å². The molecule has 10 heteroatoms. The number of hydrogen-bond acceptors (Lipinski definition) is 6. The van der Waals surface area contributed by atoms with Crippen LogP contribution >= 0.6 is 0 Å². The van der Waals surface area contributed by atoms with Crippen LogP contribution in [0.2, 0.25) is 0 Å². The number of carbonyl (C=O) groups excluding carboxylic acids is 1. The Bertz CT molecular complexity index is 733. The first-order valence-electron chi connectivity index (χ1n) is 9.13. The zero-order valence-corrected chi connectivity index (χ0v) is 17.2. The molecule has 1 fully saturated rings. The normalized spacial score (nSPS) is 18.3. The van der Waals surface area contributed by atoms with Crippen molar-refractivity contribution in [3.8, 4) is 0 Å². The van der Waals surface area contributed by atoms with E-state index in [2.05, 4.69) is 10.3 Å². The number of imidazole rings is 1. The van der Waals surface area contributed by atoms with Gasteiger partial charge in [0.1, 0.15) is 5.60 Å². The summed E-state index contributed by atoms with van der Waals surface area (Å²) in [5.74, 6) is 0.0180. The van der Waals surface area contributed by atoms with E-state index < -0.39 is 21.7 Å². The van der Waals surface area contributed by atoms with Crippen molar-refractivity contribution < 1.29 is 23.1 Å². The van der Waals surface area contributed by atoms with E-state index in [1.807, 2.05) is 6.92 Å². The first-order valence-corrected chi connectivity index (χ1v) is 10.6. The van der Waals surface area contributed by atoms with Gasteiger partial charge in [-0.25, -0.2) is 18.2 Å². The Hall–Kier alpha value is -1.65.